The molecule has 0 aliphatic carbocycles. The van der Waals surface area contributed by atoms with Gasteiger partial charge in [-0.1, -0.05) is 24.6 Å². The largest absolute Gasteiger partial charge is 0.497 e. The average Bonchev–Trinajstić information content (AvgIpc) is 2.63. The van der Waals surface area contributed by atoms with E-state index in [0.29, 0.717) is 12.3 Å². The monoisotopic (exact) mass is 341 g/mol. The number of allylic oxidation sites excluding steroid dienone is 1. The standard InChI is InChI=1S/C21H27NO3/c1-5-15(11-16-7-9-21(25-6-2)19(22)13-16)12-17-14-18(23-3)8-10-20(17)24-4/h7-10,12-14H,5-6,11,22H2,1-4H3/b15-12+. The normalized spacial score (nSPS) is 11.3. The lowest BCUT2D eigenvalue weighted by atomic mass is 9.99. The van der Waals surface area contributed by atoms with Gasteiger partial charge in [-0.25, -0.2) is 0 Å². The van der Waals surface area contributed by atoms with Gasteiger partial charge in [0.25, 0.3) is 0 Å². The van der Waals surface area contributed by atoms with Gasteiger partial charge in [0.1, 0.15) is 17.2 Å². The van der Waals surface area contributed by atoms with Gasteiger partial charge in [0.15, 0.2) is 0 Å². The Morgan fingerprint density at radius 3 is 2.36 bits per heavy atom. The third kappa shape index (κ3) is 4.92. The van der Waals surface area contributed by atoms with E-state index in [1.54, 1.807) is 14.2 Å². The van der Waals surface area contributed by atoms with Gasteiger partial charge in [0, 0.05) is 5.56 Å². The Balaban J connectivity index is 2.28. The summed E-state index contributed by atoms with van der Waals surface area (Å²) in [5.74, 6) is 2.38. The summed E-state index contributed by atoms with van der Waals surface area (Å²) >= 11 is 0. The number of anilines is 1. The van der Waals surface area contributed by atoms with Crippen LogP contribution in [-0.2, 0) is 6.42 Å². The minimum atomic E-state index is 0.610. The highest BCUT2D eigenvalue weighted by atomic mass is 16.5. The molecule has 0 unspecified atom stereocenters. The lowest BCUT2D eigenvalue weighted by Gasteiger charge is -2.12. The third-order valence-electron chi connectivity index (χ3n) is 4.06. The lowest BCUT2D eigenvalue weighted by molar-refractivity contribution is 0.342. The second kappa shape index (κ2) is 9.02. The zero-order chi connectivity index (χ0) is 18.2. The fraction of sp³-hybridized carbons (Fsp3) is 0.333. The van der Waals surface area contributed by atoms with Crippen LogP contribution in [0.15, 0.2) is 42.0 Å². The van der Waals surface area contributed by atoms with Crippen LogP contribution in [0.4, 0.5) is 5.69 Å². The zero-order valence-electron chi connectivity index (χ0n) is 15.5. The van der Waals surface area contributed by atoms with Gasteiger partial charge in [-0.2, -0.15) is 0 Å². The van der Waals surface area contributed by atoms with Gasteiger partial charge >= 0.3 is 0 Å². The maximum absolute atomic E-state index is 6.08. The molecule has 0 fully saturated rings. The number of nitrogen functional groups attached to an aromatic ring is 1. The van der Waals surface area contributed by atoms with Crippen molar-refractivity contribution in [3.63, 3.8) is 0 Å². The van der Waals surface area contributed by atoms with E-state index in [4.69, 9.17) is 19.9 Å². The fourth-order valence-electron chi connectivity index (χ4n) is 2.71. The van der Waals surface area contributed by atoms with E-state index in [1.807, 2.05) is 37.3 Å². The third-order valence-corrected chi connectivity index (χ3v) is 4.06. The van der Waals surface area contributed by atoms with Crippen molar-refractivity contribution in [1.29, 1.82) is 0 Å². The molecule has 0 spiro atoms. The summed E-state index contributed by atoms with van der Waals surface area (Å²) in [6, 6.07) is 11.8. The van der Waals surface area contributed by atoms with Crippen LogP contribution >= 0.6 is 0 Å². The highest BCUT2D eigenvalue weighted by Crippen LogP contribution is 2.29. The van der Waals surface area contributed by atoms with E-state index in [2.05, 4.69) is 19.1 Å². The Morgan fingerprint density at radius 1 is 1.00 bits per heavy atom. The zero-order valence-corrected chi connectivity index (χ0v) is 15.5. The predicted octanol–water partition coefficient (Wildman–Crippen LogP) is 4.72. The quantitative estimate of drug-likeness (QED) is 0.706. The first-order valence-electron chi connectivity index (χ1n) is 8.53. The van der Waals surface area contributed by atoms with Crippen molar-refractivity contribution in [2.45, 2.75) is 26.7 Å². The number of hydrogen-bond donors (Lipinski definition) is 1. The Kier molecular flexibility index (Phi) is 6.75. The maximum Gasteiger partial charge on any atom is 0.142 e. The first-order chi connectivity index (χ1) is 12.1. The van der Waals surface area contributed by atoms with Crippen molar-refractivity contribution < 1.29 is 14.2 Å². The van der Waals surface area contributed by atoms with E-state index in [0.717, 1.165) is 41.2 Å². The molecule has 2 N–H and O–H groups in total. The Hall–Kier alpha value is -2.62. The van der Waals surface area contributed by atoms with Crippen LogP contribution in [0.1, 0.15) is 31.4 Å². The van der Waals surface area contributed by atoms with E-state index in [-0.39, 0.29) is 0 Å². The lowest BCUT2D eigenvalue weighted by Crippen LogP contribution is -1.99. The van der Waals surface area contributed by atoms with Crippen LogP contribution in [0.5, 0.6) is 17.2 Å². The van der Waals surface area contributed by atoms with Crippen LogP contribution in [-0.4, -0.2) is 20.8 Å². The summed E-state index contributed by atoms with van der Waals surface area (Å²) < 4.78 is 16.3. The molecule has 134 valence electrons. The molecule has 2 rings (SSSR count). The molecule has 0 aliphatic rings. The van der Waals surface area contributed by atoms with Crippen molar-refractivity contribution in [3.8, 4) is 17.2 Å². The first-order valence-corrected chi connectivity index (χ1v) is 8.53. The van der Waals surface area contributed by atoms with Crippen LogP contribution in [0.2, 0.25) is 0 Å². The molecule has 0 bridgehead atoms. The molecule has 2 aromatic carbocycles. The molecule has 0 aromatic heterocycles. The van der Waals surface area contributed by atoms with Crippen molar-refractivity contribution in [1.82, 2.24) is 0 Å². The average molecular weight is 341 g/mol. The SMILES string of the molecule is CCOc1ccc(C/C(=C/c2cc(OC)ccc2OC)CC)cc1N. The highest BCUT2D eigenvalue weighted by Gasteiger charge is 2.07. The van der Waals surface area contributed by atoms with Crippen LogP contribution in [0.3, 0.4) is 0 Å². The summed E-state index contributed by atoms with van der Waals surface area (Å²) in [7, 11) is 3.34. The van der Waals surface area contributed by atoms with E-state index >= 15 is 0 Å². The first kappa shape index (κ1) is 18.7. The molecule has 2 aromatic rings. The summed E-state index contributed by atoms with van der Waals surface area (Å²) in [6.45, 7) is 4.71. The molecule has 25 heavy (non-hydrogen) atoms. The molecule has 0 heterocycles. The second-order valence-electron chi connectivity index (χ2n) is 5.75. The summed E-state index contributed by atoms with van der Waals surface area (Å²) in [4.78, 5) is 0. The smallest absolute Gasteiger partial charge is 0.142 e. The fourth-order valence-corrected chi connectivity index (χ4v) is 2.71. The van der Waals surface area contributed by atoms with Gasteiger partial charge in [-0.05, 0) is 55.7 Å². The number of nitrogens with two attached hydrogens (primary N) is 1. The van der Waals surface area contributed by atoms with Crippen LogP contribution in [0.25, 0.3) is 6.08 Å². The minimum Gasteiger partial charge on any atom is -0.497 e. The number of hydrogen-bond acceptors (Lipinski definition) is 4. The molecule has 4 nitrogen and oxygen atoms in total. The molecule has 0 atom stereocenters. The highest BCUT2D eigenvalue weighted by molar-refractivity contribution is 5.63. The molecule has 0 amide bonds. The van der Waals surface area contributed by atoms with Crippen molar-refractivity contribution in [3.05, 3.63) is 53.1 Å². The van der Waals surface area contributed by atoms with Gasteiger partial charge in [0.2, 0.25) is 0 Å². The number of ether oxygens (including phenoxy) is 3. The molecule has 0 radical (unpaired) electrons. The van der Waals surface area contributed by atoms with Crippen molar-refractivity contribution in [2.75, 3.05) is 26.6 Å². The topological polar surface area (TPSA) is 53.7 Å². The summed E-state index contributed by atoms with van der Waals surface area (Å²) in [5.41, 5.74) is 10.2. The minimum absolute atomic E-state index is 0.610. The van der Waals surface area contributed by atoms with Gasteiger partial charge in [-0.15, -0.1) is 0 Å². The molecule has 0 saturated carbocycles. The molecule has 0 aliphatic heterocycles. The predicted molar refractivity (Wildman–Crippen MR) is 104 cm³/mol. The van der Waals surface area contributed by atoms with Gasteiger partial charge < -0.3 is 19.9 Å². The van der Waals surface area contributed by atoms with E-state index in [1.165, 1.54) is 5.57 Å². The van der Waals surface area contributed by atoms with Crippen LogP contribution < -0.4 is 19.9 Å². The molecule has 0 saturated heterocycles. The molecular weight excluding hydrogens is 314 g/mol. The van der Waals surface area contributed by atoms with E-state index < -0.39 is 0 Å². The van der Waals surface area contributed by atoms with Crippen LogP contribution in [0, 0.1) is 0 Å². The van der Waals surface area contributed by atoms with Crippen molar-refractivity contribution >= 4 is 11.8 Å². The molecular formula is C21H27NO3. The number of rotatable bonds is 8. The maximum atomic E-state index is 6.08. The Bertz CT molecular complexity index is 738. The second-order valence-corrected chi connectivity index (χ2v) is 5.75. The summed E-state index contributed by atoms with van der Waals surface area (Å²) in [6.07, 6.45) is 3.93. The number of benzene rings is 2. The number of methoxy groups -OCH3 is 2. The van der Waals surface area contributed by atoms with Gasteiger partial charge in [-0.3, -0.25) is 0 Å². The van der Waals surface area contributed by atoms with Crippen molar-refractivity contribution in [2.24, 2.45) is 0 Å². The molecule has 4 heteroatoms. The van der Waals surface area contributed by atoms with E-state index in [9.17, 15) is 0 Å². The Morgan fingerprint density at radius 2 is 1.76 bits per heavy atom. The summed E-state index contributed by atoms with van der Waals surface area (Å²) in [5, 5.41) is 0. The Labute approximate surface area is 150 Å². The van der Waals surface area contributed by atoms with Gasteiger partial charge in [0.05, 0.1) is 26.5 Å².